The maximum Gasteiger partial charge on any atom is 0.0534 e. The highest BCUT2D eigenvalue weighted by atomic mass is 16.2. The Bertz CT molecular complexity index is 333. The van der Waals surface area contributed by atoms with Gasteiger partial charge in [-0.3, -0.25) is 9.58 Å². The van der Waals surface area contributed by atoms with Crippen molar-refractivity contribution >= 4 is 0 Å². The van der Waals surface area contributed by atoms with Crippen LogP contribution in [0.15, 0.2) is 12.4 Å². The molecule has 1 fully saturated rings. The van der Waals surface area contributed by atoms with E-state index in [2.05, 4.69) is 23.1 Å². The van der Waals surface area contributed by atoms with Gasteiger partial charge in [-0.1, -0.05) is 0 Å². The molecule has 4 heteroatoms. The minimum atomic E-state index is 0.312. The molecule has 0 spiro atoms. The number of aliphatic hydroxyl groups is 1. The van der Waals surface area contributed by atoms with Crippen molar-refractivity contribution in [3.05, 3.63) is 18.0 Å². The van der Waals surface area contributed by atoms with Gasteiger partial charge in [0.25, 0.3) is 0 Å². The van der Waals surface area contributed by atoms with E-state index in [0.29, 0.717) is 6.61 Å². The first kappa shape index (κ1) is 12.6. The quantitative estimate of drug-likeness (QED) is 0.699. The topological polar surface area (TPSA) is 41.3 Å². The van der Waals surface area contributed by atoms with Crippen LogP contribution in [0.4, 0.5) is 0 Å². The zero-order chi connectivity index (χ0) is 12.1. The molecule has 0 radical (unpaired) electrons. The molecule has 0 unspecified atom stereocenters. The molecule has 1 aliphatic carbocycles. The van der Waals surface area contributed by atoms with Crippen molar-refractivity contribution in [2.45, 2.75) is 51.7 Å². The van der Waals surface area contributed by atoms with Gasteiger partial charge in [0.1, 0.15) is 0 Å². The van der Waals surface area contributed by atoms with Crippen LogP contribution in [0, 0.1) is 0 Å². The third kappa shape index (κ3) is 3.82. The molecule has 17 heavy (non-hydrogen) atoms. The number of nitrogens with zero attached hydrogens (tertiary/aromatic N) is 3. The fourth-order valence-corrected chi connectivity index (χ4v) is 2.15. The van der Waals surface area contributed by atoms with Gasteiger partial charge >= 0.3 is 0 Å². The number of hydrogen-bond acceptors (Lipinski definition) is 3. The van der Waals surface area contributed by atoms with Crippen molar-refractivity contribution in [2.24, 2.45) is 0 Å². The number of rotatable bonds is 8. The summed E-state index contributed by atoms with van der Waals surface area (Å²) < 4.78 is 1.98. The summed E-state index contributed by atoms with van der Waals surface area (Å²) in [7, 11) is 0. The van der Waals surface area contributed by atoms with Gasteiger partial charge in [0.2, 0.25) is 0 Å². The van der Waals surface area contributed by atoms with E-state index in [4.69, 9.17) is 5.11 Å². The van der Waals surface area contributed by atoms with Crippen LogP contribution < -0.4 is 0 Å². The fraction of sp³-hybridized carbons (Fsp3) is 0.769. The molecule has 0 aliphatic heterocycles. The maximum atomic E-state index is 8.83. The van der Waals surface area contributed by atoms with Gasteiger partial charge in [-0.05, 0) is 39.2 Å². The Kier molecular flexibility index (Phi) is 4.57. The van der Waals surface area contributed by atoms with Gasteiger partial charge in [-0.15, -0.1) is 0 Å². The lowest BCUT2D eigenvalue weighted by Crippen LogP contribution is -2.26. The molecular formula is C13H23N3O. The largest absolute Gasteiger partial charge is 0.396 e. The van der Waals surface area contributed by atoms with E-state index in [1.165, 1.54) is 18.4 Å². The molecule has 1 aromatic rings. The average Bonchev–Trinajstić information content (AvgIpc) is 3.09. The van der Waals surface area contributed by atoms with E-state index in [1.54, 1.807) is 0 Å². The van der Waals surface area contributed by atoms with Crippen molar-refractivity contribution in [3.8, 4) is 0 Å². The first-order chi connectivity index (χ1) is 8.33. The summed E-state index contributed by atoms with van der Waals surface area (Å²) in [5, 5.41) is 13.1. The minimum Gasteiger partial charge on any atom is -0.396 e. The smallest absolute Gasteiger partial charge is 0.0534 e. The monoisotopic (exact) mass is 237 g/mol. The van der Waals surface area contributed by atoms with Crippen LogP contribution in [-0.2, 0) is 13.1 Å². The molecule has 96 valence electrons. The highest BCUT2D eigenvalue weighted by Gasteiger charge is 2.28. The normalized spacial score (nSPS) is 15.7. The van der Waals surface area contributed by atoms with E-state index in [9.17, 15) is 0 Å². The van der Waals surface area contributed by atoms with E-state index in [1.807, 2.05) is 10.9 Å². The van der Waals surface area contributed by atoms with Crippen molar-refractivity contribution in [3.63, 3.8) is 0 Å². The van der Waals surface area contributed by atoms with Crippen LogP contribution in [0.25, 0.3) is 0 Å². The maximum absolute atomic E-state index is 8.83. The minimum absolute atomic E-state index is 0.312. The highest BCUT2D eigenvalue weighted by molar-refractivity contribution is 5.05. The molecule has 4 nitrogen and oxygen atoms in total. The van der Waals surface area contributed by atoms with E-state index >= 15 is 0 Å². The van der Waals surface area contributed by atoms with Crippen molar-refractivity contribution in [1.29, 1.82) is 0 Å². The predicted octanol–water partition coefficient (Wildman–Crippen LogP) is 1.64. The third-order valence-corrected chi connectivity index (χ3v) is 3.31. The van der Waals surface area contributed by atoms with Gasteiger partial charge in [-0.25, -0.2) is 0 Å². The second-order valence-electron chi connectivity index (χ2n) is 4.84. The Labute approximate surface area is 103 Å². The summed E-state index contributed by atoms with van der Waals surface area (Å²) in [6.07, 6.45) is 8.79. The SMILES string of the molecule is CCn1cc(CN(CCCCO)C2CC2)cn1. The van der Waals surface area contributed by atoms with Crippen molar-refractivity contribution < 1.29 is 5.11 Å². The van der Waals surface area contributed by atoms with Crippen molar-refractivity contribution in [2.75, 3.05) is 13.2 Å². The Morgan fingerprint density at radius 2 is 2.29 bits per heavy atom. The van der Waals surface area contributed by atoms with E-state index < -0.39 is 0 Å². The van der Waals surface area contributed by atoms with E-state index in [0.717, 1.165) is 38.5 Å². The Morgan fingerprint density at radius 3 is 2.88 bits per heavy atom. The highest BCUT2D eigenvalue weighted by Crippen LogP contribution is 2.28. The van der Waals surface area contributed by atoms with Crippen LogP contribution >= 0.6 is 0 Å². The first-order valence-electron chi connectivity index (χ1n) is 6.69. The Hall–Kier alpha value is -0.870. The van der Waals surface area contributed by atoms with Gasteiger partial charge in [0.05, 0.1) is 6.20 Å². The summed E-state index contributed by atoms with van der Waals surface area (Å²) in [6.45, 7) is 5.47. The summed E-state index contributed by atoms with van der Waals surface area (Å²) >= 11 is 0. The third-order valence-electron chi connectivity index (χ3n) is 3.31. The lowest BCUT2D eigenvalue weighted by Gasteiger charge is -2.20. The van der Waals surface area contributed by atoms with Gasteiger partial charge in [0.15, 0.2) is 0 Å². The molecular weight excluding hydrogens is 214 g/mol. The number of hydrogen-bond donors (Lipinski definition) is 1. The standard InChI is InChI=1S/C13H23N3O/c1-2-16-11-12(9-14-16)10-15(13-5-6-13)7-3-4-8-17/h9,11,13,17H,2-8,10H2,1H3. The molecule has 1 saturated carbocycles. The van der Waals surface area contributed by atoms with Gasteiger partial charge < -0.3 is 5.11 Å². The summed E-state index contributed by atoms with van der Waals surface area (Å²) in [4.78, 5) is 2.53. The number of aromatic nitrogens is 2. The molecule has 0 amide bonds. The van der Waals surface area contributed by atoms with Crippen LogP contribution in [-0.4, -0.2) is 39.0 Å². The lowest BCUT2D eigenvalue weighted by atomic mass is 10.2. The van der Waals surface area contributed by atoms with E-state index in [-0.39, 0.29) is 0 Å². The molecule has 2 rings (SSSR count). The molecule has 1 N–H and O–H groups in total. The number of unbranched alkanes of at least 4 members (excludes halogenated alkanes) is 1. The second-order valence-corrected chi connectivity index (χ2v) is 4.84. The summed E-state index contributed by atoms with van der Waals surface area (Å²) in [5.41, 5.74) is 1.31. The molecule has 1 aliphatic rings. The lowest BCUT2D eigenvalue weighted by molar-refractivity contribution is 0.229. The molecule has 1 heterocycles. The fourth-order valence-electron chi connectivity index (χ4n) is 2.15. The zero-order valence-corrected chi connectivity index (χ0v) is 10.7. The molecule has 0 aromatic carbocycles. The second kappa shape index (κ2) is 6.17. The van der Waals surface area contributed by atoms with Crippen LogP contribution in [0.3, 0.4) is 0 Å². The Balaban J connectivity index is 1.83. The Morgan fingerprint density at radius 1 is 1.47 bits per heavy atom. The average molecular weight is 237 g/mol. The summed E-state index contributed by atoms with van der Waals surface area (Å²) in [6, 6.07) is 0.777. The molecule has 0 bridgehead atoms. The number of aryl methyl sites for hydroxylation is 1. The predicted molar refractivity (Wildman–Crippen MR) is 67.7 cm³/mol. The molecule has 1 aromatic heterocycles. The van der Waals surface area contributed by atoms with Crippen LogP contribution in [0.1, 0.15) is 38.2 Å². The van der Waals surface area contributed by atoms with Gasteiger partial charge in [-0.2, -0.15) is 5.10 Å². The first-order valence-corrected chi connectivity index (χ1v) is 6.69. The zero-order valence-electron chi connectivity index (χ0n) is 10.7. The van der Waals surface area contributed by atoms with Crippen LogP contribution in [0.2, 0.25) is 0 Å². The molecule has 0 atom stereocenters. The van der Waals surface area contributed by atoms with Crippen molar-refractivity contribution in [1.82, 2.24) is 14.7 Å². The van der Waals surface area contributed by atoms with Crippen LogP contribution in [0.5, 0.6) is 0 Å². The van der Waals surface area contributed by atoms with Gasteiger partial charge in [0, 0.05) is 37.5 Å². The number of aliphatic hydroxyl groups excluding tert-OH is 1. The summed E-state index contributed by atoms with van der Waals surface area (Å²) in [5.74, 6) is 0. The molecule has 0 saturated heterocycles.